The first-order valence-electron chi connectivity index (χ1n) is 9.19. The predicted molar refractivity (Wildman–Crippen MR) is 101 cm³/mol. The molecule has 6 heteroatoms. The highest BCUT2D eigenvalue weighted by Crippen LogP contribution is 2.26. The Bertz CT molecular complexity index is 764. The third-order valence-electron chi connectivity index (χ3n) is 5.02. The lowest BCUT2D eigenvalue weighted by atomic mass is 9.95. The number of likely N-dealkylation sites (tertiary alicyclic amines) is 1. The Hall–Kier alpha value is -2.31. The van der Waals surface area contributed by atoms with Crippen LogP contribution in [-0.2, 0) is 11.2 Å². The van der Waals surface area contributed by atoms with E-state index < -0.39 is 11.6 Å². The monoisotopic (exact) mass is 373 g/mol. The van der Waals surface area contributed by atoms with E-state index in [-0.39, 0.29) is 42.4 Å². The Kier molecular flexibility index (Phi) is 6.19. The molecule has 1 aliphatic heterocycles. The first-order valence-corrected chi connectivity index (χ1v) is 9.19. The second-order valence-corrected chi connectivity index (χ2v) is 7.25. The maximum absolute atomic E-state index is 13.7. The molecule has 1 heterocycles. The van der Waals surface area contributed by atoms with Crippen LogP contribution in [0.15, 0.2) is 48.5 Å². The van der Waals surface area contributed by atoms with E-state index in [0.717, 1.165) is 6.54 Å². The van der Waals surface area contributed by atoms with Crippen molar-refractivity contribution in [2.24, 2.45) is 5.73 Å². The minimum absolute atomic E-state index is 0.00219. The number of carbonyl (C=O) groups is 1. The summed E-state index contributed by atoms with van der Waals surface area (Å²) in [5, 5.41) is 2.82. The number of amides is 1. The summed E-state index contributed by atoms with van der Waals surface area (Å²) in [6, 6.07) is 13.4. The molecule has 0 aromatic heterocycles. The third-order valence-corrected chi connectivity index (χ3v) is 5.02. The van der Waals surface area contributed by atoms with Crippen molar-refractivity contribution in [3.05, 3.63) is 71.3 Å². The highest BCUT2D eigenvalue weighted by atomic mass is 19.1. The Morgan fingerprint density at radius 3 is 2.48 bits per heavy atom. The molecule has 1 fully saturated rings. The van der Waals surface area contributed by atoms with Crippen molar-refractivity contribution in [2.45, 2.75) is 31.3 Å². The minimum Gasteiger partial charge on any atom is -0.352 e. The van der Waals surface area contributed by atoms with Crippen LogP contribution in [0.4, 0.5) is 8.78 Å². The van der Waals surface area contributed by atoms with Gasteiger partial charge in [0, 0.05) is 36.7 Å². The van der Waals surface area contributed by atoms with Gasteiger partial charge >= 0.3 is 0 Å². The Morgan fingerprint density at radius 2 is 1.81 bits per heavy atom. The topological polar surface area (TPSA) is 58.4 Å². The normalized spacial score (nSPS) is 21.2. The van der Waals surface area contributed by atoms with Crippen molar-refractivity contribution in [2.75, 3.05) is 19.6 Å². The average molecular weight is 373 g/mol. The number of benzene rings is 2. The summed E-state index contributed by atoms with van der Waals surface area (Å²) in [6.07, 6.45) is 0.108. The van der Waals surface area contributed by atoms with Crippen molar-refractivity contribution >= 4 is 5.91 Å². The molecule has 0 aliphatic carbocycles. The van der Waals surface area contributed by atoms with E-state index in [1.807, 2.05) is 23.1 Å². The van der Waals surface area contributed by atoms with Crippen molar-refractivity contribution < 1.29 is 13.6 Å². The molecule has 1 unspecified atom stereocenters. The molecule has 144 valence electrons. The van der Waals surface area contributed by atoms with Crippen LogP contribution in [0.2, 0.25) is 0 Å². The zero-order valence-electron chi connectivity index (χ0n) is 15.4. The molecule has 2 aromatic rings. The summed E-state index contributed by atoms with van der Waals surface area (Å²) in [5.41, 5.74) is 7.43. The molecule has 0 bridgehead atoms. The van der Waals surface area contributed by atoms with Gasteiger partial charge in [-0.15, -0.1) is 0 Å². The molecule has 1 amide bonds. The Balaban J connectivity index is 1.52. The van der Waals surface area contributed by atoms with Crippen LogP contribution >= 0.6 is 0 Å². The molecule has 3 atom stereocenters. The molecule has 0 saturated carbocycles. The van der Waals surface area contributed by atoms with Gasteiger partial charge < -0.3 is 11.1 Å². The standard InChI is InChI=1S/C21H25F2N3O/c1-14(10-16-18(22)8-5-9-19(16)23)25-21(27)13-26-11-17(20(24)12-26)15-6-3-2-4-7-15/h2-9,14,17,20H,10-13,24H2,1H3,(H,25,27)/t14?,17-,20+/m0/s1. The van der Waals surface area contributed by atoms with Crippen LogP contribution < -0.4 is 11.1 Å². The van der Waals surface area contributed by atoms with Gasteiger partial charge in [0.2, 0.25) is 5.91 Å². The fourth-order valence-electron chi connectivity index (χ4n) is 3.70. The number of carbonyl (C=O) groups excluding carboxylic acids is 1. The Morgan fingerprint density at radius 1 is 1.15 bits per heavy atom. The molecular formula is C21H25F2N3O. The first-order chi connectivity index (χ1) is 12.9. The number of halogens is 2. The lowest BCUT2D eigenvalue weighted by Gasteiger charge is -2.19. The number of hydrogen-bond donors (Lipinski definition) is 2. The number of nitrogens with zero attached hydrogens (tertiary/aromatic N) is 1. The zero-order chi connectivity index (χ0) is 19.4. The second kappa shape index (κ2) is 8.59. The summed E-state index contributed by atoms with van der Waals surface area (Å²) >= 11 is 0. The summed E-state index contributed by atoms with van der Waals surface area (Å²) in [4.78, 5) is 14.4. The van der Waals surface area contributed by atoms with E-state index in [9.17, 15) is 13.6 Å². The largest absolute Gasteiger partial charge is 0.352 e. The van der Waals surface area contributed by atoms with Gasteiger partial charge in [0.25, 0.3) is 0 Å². The Labute approximate surface area is 158 Å². The van der Waals surface area contributed by atoms with Crippen molar-refractivity contribution in [3.8, 4) is 0 Å². The number of hydrogen-bond acceptors (Lipinski definition) is 3. The van der Waals surface area contributed by atoms with E-state index in [1.165, 1.54) is 23.8 Å². The lowest BCUT2D eigenvalue weighted by molar-refractivity contribution is -0.122. The fraction of sp³-hybridized carbons (Fsp3) is 0.381. The van der Waals surface area contributed by atoms with Crippen molar-refractivity contribution in [1.29, 1.82) is 0 Å². The number of nitrogens with two attached hydrogens (primary N) is 1. The quantitative estimate of drug-likeness (QED) is 0.818. The van der Waals surface area contributed by atoms with E-state index in [1.54, 1.807) is 6.92 Å². The maximum atomic E-state index is 13.7. The minimum atomic E-state index is -0.590. The van der Waals surface area contributed by atoms with Crippen LogP contribution in [0.25, 0.3) is 0 Å². The molecule has 4 nitrogen and oxygen atoms in total. The first kappa shape index (κ1) is 19.5. The summed E-state index contributed by atoms with van der Waals surface area (Å²) in [5.74, 6) is -1.15. The van der Waals surface area contributed by atoms with Gasteiger partial charge in [-0.05, 0) is 31.0 Å². The summed E-state index contributed by atoms with van der Waals surface area (Å²) in [7, 11) is 0. The predicted octanol–water partition coefficient (Wildman–Crippen LogP) is 2.44. The summed E-state index contributed by atoms with van der Waals surface area (Å²) in [6.45, 7) is 3.33. The molecule has 3 N–H and O–H groups in total. The second-order valence-electron chi connectivity index (χ2n) is 7.25. The van der Waals surface area contributed by atoms with Crippen molar-refractivity contribution in [3.63, 3.8) is 0 Å². The van der Waals surface area contributed by atoms with Crippen LogP contribution in [0, 0.1) is 11.6 Å². The smallest absolute Gasteiger partial charge is 0.234 e. The van der Waals surface area contributed by atoms with E-state index in [4.69, 9.17) is 5.73 Å². The molecule has 1 aliphatic rings. The van der Waals surface area contributed by atoms with Crippen molar-refractivity contribution in [1.82, 2.24) is 10.2 Å². The zero-order valence-corrected chi connectivity index (χ0v) is 15.4. The highest BCUT2D eigenvalue weighted by molar-refractivity contribution is 5.78. The molecule has 0 radical (unpaired) electrons. The molecule has 27 heavy (non-hydrogen) atoms. The molecular weight excluding hydrogens is 348 g/mol. The van der Waals surface area contributed by atoms with E-state index >= 15 is 0 Å². The van der Waals surface area contributed by atoms with Crippen LogP contribution in [0.1, 0.15) is 24.0 Å². The van der Waals surface area contributed by atoms with Gasteiger partial charge in [-0.1, -0.05) is 36.4 Å². The number of nitrogens with one attached hydrogen (secondary N) is 1. The van der Waals surface area contributed by atoms with Crippen LogP contribution in [0.3, 0.4) is 0 Å². The average Bonchev–Trinajstić information content (AvgIpc) is 2.99. The van der Waals surface area contributed by atoms with E-state index in [2.05, 4.69) is 17.4 Å². The van der Waals surface area contributed by atoms with Gasteiger partial charge in [-0.25, -0.2) is 8.78 Å². The van der Waals surface area contributed by atoms with Crippen LogP contribution in [-0.4, -0.2) is 42.5 Å². The van der Waals surface area contributed by atoms with E-state index in [0.29, 0.717) is 6.54 Å². The van der Waals surface area contributed by atoms with Gasteiger partial charge in [0.05, 0.1) is 6.54 Å². The SMILES string of the molecule is CC(Cc1c(F)cccc1F)NC(=O)CN1C[C@@H](N)[C@H](c2ccccc2)C1. The van der Waals surface area contributed by atoms with Crippen LogP contribution in [0.5, 0.6) is 0 Å². The third kappa shape index (κ3) is 4.90. The summed E-state index contributed by atoms with van der Waals surface area (Å²) < 4.78 is 27.5. The van der Waals surface area contributed by atoms with Gasteiger partial charge in [0.15, 0.2) is 0 Å². The molecule has 3 rings (SSSR count). The maximum Gasteiger partial charge on any atom is 0.234 e. The van der Waals surface area contributed by atoms with Gasteiger partial charge in [0.1, 0.15) is 11.6 Å². The molecule has 0 spiro atoms. The molecule has 1 saturated heterocycles. The van der Waals surface area contributed by atoms with Gasteiger partial charge in [-0.3, -0.25) is 9.69 Å². The fourth-order valence-corrected chi connectivity index (χ4v) is 3.70. The van der Waals surface area contributed by atoms with Gasteiger partial charge in [-0.2, -0.15) is 0 Å². The number of rotatable bonds is 6. The highest BCUT2D eigenvalue weighted by Gasteiger charge is 2.32. The lowest BCUT2D eigenvalue weighted by Crippen LogP contribution is -2.41. The molecule has 2 aromatic carbocycles.